The van der Waals surface area contributed by atoms with E-state index in [9.17, 15) is 9.59 Å². The normalized spacial score (nSPS) is 14.6. The van der Waals surface area contributed by atoms with Gasteiger partial charge in [-0.1, -0.05) is 58.1 Å². The van der Waals surface area contributed by atoms with Gasteiger partial charge in [-0.3, -0.25) is 14.5 Å². The third-order valence-corrected chi connectivity index (χ3v) is 6.44. The molecule has 174 valence electrons. The Kier molecular flexibility index (Phi) is 9.34. The molecule has 9 heteroatoms. The minimum atomic E-state index is -0.352. The van der Waals surface area contributed by atoms with Crippen LogP contribution in [0, 0.1) is 0 Å². The van der Waals surface area contributed by atoms with Crippen molar-refractivity contribution in [3.63, 3.8) is 0 Å². The monoisotopic (exact) mass is 549 g/mol. The summed E-state index contributed by atoms with van der Waals surface area (Å²) >= 11 is 10.0. The molecule has 0 aliphatic carbocycles. The van der Waals surface area contributed by atoms with Crippen LogP contribution >= 0.6 is 39.9 Å². The van der Waals surface area contributed by atoms with Crippen LogP contribution in [-0.2, 0) is 20.9 Å². The van der Waals surface area contributed by atoms with Crippen LogP contribution in [0.4, 0.5) is 0 Å². The molecule has 1 heterocycles. The number of hydrogen-bond acceptors (Lipinski definition) is 7. The Morgan fingerprint density at radius 1 is 1.12 bits per heavy atom. The van der Waals surface area contributed by atoms with Crippen LogP contribution < -0.4 is 9.47 Å². The van der Waals surface area contributed by atoms with Crippen LogP contribution in [0.3, 0.4) is 0 Å². The summed E-state index contributed by atoms with van der Waals surface area (Å²) in [6, 6.07) is 13.4. The fourth-order valence-electron chi connectivity index (χ4n) is 3.07. The van der Waals surface area contributed by atoms with E-state index in [2.05, 4.69) is 15.9 Å². The molecule has 0 saturated carbocycles. The van der Waals surface area contributed by atoms with Gasteiger partial charge in [-0.05, 0) is 55.3 Å². The van der Waals surface area contributed by atoms with Crippen LogP contribution in [0.15, 0.2) is 51.8 Å². The molecule has 0 unspecified atom stereocenters. The van der Waals surface area contributed by atoms with Gasteiger partial charge in [0, 0.05) is 11.0 Å². The predicted molar refractivity (Wildman–Crippen MR) is 137 cm³/mol. The zero-order chi connectivity index (χ0) is 23.8. The Labute approximate surface area is 211 Å². The second-order valence-electron chi connectivity index (χ2n) is 6.95. The zero-order valence-electron chi connectivity index (χ0n) is 18.3. The largest absolute Gasteiger partial charge is 0.490 e. The lowest BCUT2D eigenvalue weighted by molar-refractivity contribution is -0.143. The SMILES string of the molecule is CCOC(=O)CCN1C(=O)/C(=C\c2ccc(OCc3cccc(Br)c3)c(OCC)c2)SC1=S. The molecule has 0 aromatic heterocycles. The van der Waals surface area contributed by atoms with Crippen molar-refractivity contribution in [1.29, 1.82) is 0 Å². The summed E-state index contributed by atoms with van der Waals surface area (Å²) in [5.41, 5.74) is 1.82. The Morgan fingerprint density at radius 2 is 1.94 bits per heavy atom. The third-order valence-electron chi connectivity index (χ3n) is 4.57. The molecule has 1 fully saturated rings. The van der Waals surface area contributed by atoms with Gasteiger partial charge in [0.25, 0.3) is 5.91 Å². The van der Waals surface area contributed by atoms with E-state index < -0.39 is 0 Å². The number of thiocarbonyl (C=S) groups is 1. The van der Waals surface area contributed by atoms with Gasteiger partial charge in [-0.25, -0.2) is 0 Å². The number of carbonyl (C=O) groups excluding carboxylic acids is 2. The molecule has 0 atom stereocenters. The number of benzene rings is 2. The summed E-state index contributed by atoms with van der Waals surface area (Å²) in [5, 5.41) is 0. The Morgan fingerprint density at radius 3 is 2.67 bits per heavy atom. The third kappa shape index (κ3) is 7.06. The topological polar surface area (TPSA) is 65.1 Å². The van der Waals surface area contributed by atoms with E-state index in [1.54, 1.807) is 13.0 Å². The van der Waals surface area contributed by atoms with E-state index in [0.717, 1.165) is 15.6 Å². The second-order valence-corrected chi connectivity index (χ2v) is 9.54. The molecule has 3 rings (SSSR count). The minimum Gasteiger partial charge on any atom is -0.490 e. The van der Waals surface area contributed by atoms with E-state index >= 15 is 0 Å². The molecule has 0 N–H and O–H groups in total. The summed E-state index contributed by atoms with van der Waals surface area (Å²) in [7, 11) is 0. The van der Waals surface area contributed by atoms with Gasteiger partial charge in [0.05, 0.1) is 24.5 Å². The Hall–Kier alpha value is -2.36. The molecule has 1 aliphatic heterocycles. The van der Waals surface area contributed by atoms with Crippen molar-refractivity contribution in [3.05, 3.63) is 63.0 Å². The molecular weight excluding hydrogens is 526 g/mol. The highest BCUT2D eigenvalue weighted by molar-refractivity contribution is 9.10. The lowest BCUT2D eigenvalue weighted by Gasteiger charge is -2.14. The van der Waals surface area contributed by atoms with Crippen LogP contribution in [0.25, 0.3) is 6.08 Å². The molecule has 2 aromatic carbocycles. The van der Waals surface area contributed by atoms with E-state index in [1.165, 1.54) is 16.7 Å². The summed E-state index contributed by atoms with van der Waals surface area (Å²) in [4.78, 5) is 26.3. The molecule has 33 heavy (non-hydrogen) atoms. The van der Waals surface area contributed by atoms with Gasteiger partial charge in [-0.2, -0.15) is 0 Å². The van der Waals surface area contributed by atoms with Crippen LogP contribution in [0.5, 0.6) is 11.5 Å². The first kappa shape index (κ1) is 25.3. The number of rotatable bonds is 10. The molecule has 6 nitrogen and oxygen atoms in total. The van der Waals surface area contributed by atoms with Gasteiger partial charge in [0.15, 0.2) is 11.5 Å². The van der Waals surface area contributed by atoms with Crippen LogP contribution in [0.2, 0.25) is 0 Å². The second kappa shape index (κ2) is 12.2. The maximum absolute atomic E-state index is 12.8. The Balaban J connectivity index is 1.72. The van der Waals surface area contributed by atoms with Crippen LogP contribution in [-0.4, -0.2) is 40.9 Å². The number of carbonyl (C=O) groups is 2. The van der Waals surface area contributed by atoms with Crippen molar-refractivity contribution in [2.45, 2.75) is 26.9 Å². The lowest BCUT2D eigenvalue weighted by Crippen LogP contribution is -2.30. The molecule has 1 saturated heterocycles. The minimum absolute atomic E-state index is 0.103. The summed E-state index contributed by atoms with van der Waals surface area (Å²) < 4.78 is 18.1. The summed E-state index contributed by atoms with van der Waals surface area (Å²) in [6.45, 7) is 5.03. The van der Waals surface area contributed by atoms with Gasteiger partial charge in [0.1, 0.15) is 10.9 Å². The molecule has 2 aromatic rings. The van der Waals surface area contributed by atoms with E-state index in [4.69, 9.17) is 26.4 Å². The maximum atomic E-state index is 12.8. The highest BCUT2D eigenvalue weighted by Gasteiger charge is 2.32. The van der Waals surface area contributed by atoms with Crippen LogP contribution in [0.1, 0.15) is 31.4 Å². The number of ether oxygens (including phenoxy) is 3. The maximum Gasteiger partial charge on any atom is 0.307 e. The van der Waals surface area contributed by atoms with Crippen molar-refractivity contribution in [2.24, 2.45) is 0 Å². The van der Waals surface area contributed by atoms with Gasteiger partial charge >= 0.3 is 5.97 Å². The van der Waals surface area contributed by atoms with Crippen molar-refractivity contribution < 1.29 is 23.8 Å². The average molecular weight is 550 g/mol. The van der Waals surface area contributed by atoms with E-state index in [-0.39, 0.29) is 24.8 Å². The highest BCUT2D eigenvalue weighted by atomic mass is 79.9. The number of halogens is 1. The standard InChI is InChI=1S/C24H24BrNO5S2/c1-3-29-20-13-16(8-9-19(20)31-15-17-6-5-7-18(25)12-17)14-21-23(28)26(24(32)33-21)11-10-22(27)30-4-2/h5-9,12-14H,3-4,10-11,15H2,1-2H3/b21-14+. The van der Waals surface area contributed by atoms with Gasteiger partial charge < -0.3 is 14.2 Å². The quantitative estimate of drug-likeness (QED) is 0.217. The first-order chi connectivity index (χ1) is 15.9. The van der Waals surface area contributed by atoms with Gasteiger partial charge in [-0.15, -0.1) is 0 Å². The molecule has 0 spiro atoms. The number of thioether (sulfide) groups is 1. The lowest BCUT2D eigenvalue weighted by atomic mass is 10.1. The highest BCUT2D eigenvalue weighted by Crippen LogP contribution is 2.35. The molecule has 1 aliphatic rings. The smallest absolute Gasteiger partial charge is 0.307 e. The molecule has 0 radical (unpaired) electrons. The predicted octanol–water partition coefficient (Wildman–Crippen LogP) is 5.58. The van der Waals surface area contributed by atoms with Crippen molar-refractivity contribution >= 4 is 62.2 Å². The molecule has 0 bridgehead atoms. The summed E-state index contributed by atoms with van der Waals surface area (Å²) in [5.74, 6) is 0.646. The number of nitrogens with zero attached hydrogens (tertiary/aromatic N) is 1. The van der Waals surface area contributed by atoms with Crippen molar-refractivity contribution in [1.82, 2.24) is 4.90 Å². The van der Waals surface area contributed by atoms with E-state index in [0.29, 0.717) is 40.5 Å². The number of esters is 1. The van der Waals surface area contributed by atoms with Gasteiger partial charge in [0.2, 0.25) is 0 Å². The van der Waals surface area contributed by atoms with Crippen molar-refractivity contribution in [2.75, 3.05) is 19.8 Å². The number of hydrogen-bond donors (Lipinski definition) is 0. The van der Waals surface area contributed by atoms with E-state index in [1.807, 2.05) is 49.4 Å². The molecular formula is C24H24BrNO5S2. The Bertz CT molecular complexity index is 1070. The first-order valence-corrected chi connectivity index (χ1v) is 12.5. The average Bonchev–Trinajstić information content (AvgIpc) is 3.04. The summed E-state index contributed by atoms with van der Waals surface area (Å²) in [6.07, 6.45) is 1.87. The zero-order valence-corrected chi connectivity index (χ0v) is 21.6. The fourth-order valence-corrected chi connectivity index (χ4v) is 4.83. The first-order valence-electron chi connectivity index (χ1n) is 10.5. The fraction of sp³-hybridized carbons (Fsp3) is 0.292. The van der Waals surface area contributed by atoms with Crippen molar-refractivity contribution in [3.8, 4) is 11.5 Å². The number of amides is 1. The molecule has 1 amide bonds.